The van der Waals surface area contributed by atoms with E-state index in [1.807, 2.05) is 18.2 Å². The molecule has 2 aliphatic rings. The molecule has 3 atom stereocenters. The molecule has 1 fully saturated rings. The van der Waals surface area contributed by atoms with Crippen molar-refractivity contribution in [2.24, 2.45) is 5.92 Å². The summed E-state index contributed by atoms with van der Waals surface area (Å²) in [7, 11) is -3.80. The zero-order chi connectivity index (χ0) is 23.0. The van der Waals surface area contributed by atoms with E-state index in [4.69, 9.17) is 4.74 Å². The van der Waals surface area contributed by atoms with Crippen molar-refractivity contribution in [3.8, 4) is 5.75 Å². The summed E-state index contributed by atoms with van der Waals surface area (Å²) in [5, 5.41) is 0.219. The van der Waals surface area contributed by atoms with Gasteiger partial charge < -0.3 is 4.74 Å². The Morgan fingerprint density at radius 1 is 1.15 bits per heavy atom. The van der Waals surface area contributed by atoms with Crippen molar-refractivity contribution >= 4 is 26.7 Å². The van der Waals surface area contributed by atoms with E-state index < -0.39 is 10.0 Å². The number of hydrogen-bond donors (Lipinski definition) is 1. The summed E-state index contributed by atoms with van der Waals surface area (Å²) in [5.41, 5.74) is 2.09. The number of fused-ring (bicyclic) bond motifs is 1. The Labute approximate surface area is 196 Å². The van der Waals surface area contributed by atoms with Crippen LogP contribution in [0.3, 0.4) is 0 Å². The van der Waals surface area contributed by atoms with E-state index in [-0.39, 0.29) is 27.9 Å². The molecule has 0 amide bonds. The van der Waals surface area contributed by atoms with Gasteiger partial charge in [-0.3, -0.25) is 9.62 Å². The second-order valence-corrected chi connectivity index (χ2v) is 11.1. The maximum atomic E-state index is 13.5. The van der Waals surface area contributed by atoms with Crippen LogP contribution in [0.4, 0.5) is 9.52 Å². The van der Waals surface area contributed by atoms with Crippen LogP contribution in [0.2, 0.25) is 0 Å². The van der Waals surface area contributed by atoms with Crippen LogP contribution in [-0.2, 0) is 10.0 Å². The highest BCUT2D eigenvalue weighted by atomic mass is 32.2. The first kappa shape index (κ1) is 22.2. The third kappa shape index (κ3) is 4.60. The van der Waals surface area contributed by atoms with Gasteiger partial charge in [0.05, 0.1) is 11.5 Å². The minimum atomic E-state index is -3.80. The fraction of sp³-hybridized carbons (Fsp3) is 0.391. The van der Waals surface area contributed by atoms with E-state index in [0.717, 1.165) is 48.5 Å². The van der Waals surface area contributed by atoms with Gasteiger partial charge in [0.1, 0.15) is 17.9 Å². The number of halogens is 1. The number of benzene rings is 2. The summed E-state index contributed by atoms with van der Waals surface area (Å²) in [6.07, 6.45) is 4.20. The summed E-state index contributed by atoms with van der Waals surface area (Å²) in [6, 6.07) is 12.1. The summed E-state index contributed by atoms with van der Waals surface area (Å²) in [4.78, 5) is 6.49. The largest absolute Gasteiger partial charge is 0.493 e. The van der Waals surface area contributed by atoms with Gasteiger partial charge in [0.2, 0.25) is 5.13 Å². The number of sulfonamides is 1. The summed E-state index contributed by atoms with van der Waals surface area (Å²) < 4.78 is 51.3. The molecular formula is C23H25FN4O3S2. The molecule has 0 bridgehead atoms. The van der Waals surface area contributed by atoms with Crippen molar-refractivity contribution in [2.45, 2.75) is 43.2 Å². The Morgan fingerprint density at radius 3 is 2.73 bits per heavy atom. The number of aromatic nitrogens is 2. The summed E-state index contributed by atoms with van der Waals surface area (Å²) in [5.74, 6) is 0.930. The molecular weight excluding hydrogens is 463 g/mol. The number of anilines is 1. The van der Waals surface area contributed by atoms with Crippen molar-refractivity contribution in [1.29, 1.82) is 0 Å². The van der Waals surface area contributed by atoms with Crippen molar-refractivity contribution < 1.29 is 17.5 Å². The second kappa shape index (κ2) is 9.00. The number of nitrogens with one attached hydrogen (secondary N) is 1. The average molecular weight is 489 g/mol. The Morgan fingerprint density at radius 2 is 1.97 bits per heavy atom. The highest BCUT2D eigenvalue weighted by Gasteiger charge is 2.36. The lowest BCUT2D eigenvalue weighted by atomic mass is 9.85. The molecule has 0 radical (unpaired) electrons. The first-order valence-electron chi connectivity index (χ1n) is 11.0. The molecule has 174 valence electrons. The molecule has 5 rings (SSSR count). The highest BCUT2D eigenvalue weighted by molar-refractivity contribution is 7.93. The fourth-order valence-electron chi connectivity index (χ4n) is 4.80. The Balaban J connectivity index is 1.45. The van der Waals surface area contributed by atoms with Gasteiger partial charge in [-0.05, 0) is 49.1 Å². The topological polar surface area (TPSA) is 84.4 Å². The van der Waals surface area contributed by atoms with Crippen molar-refractivity contribution in [2.75, 3.05) is 17.9 Å². The molecule has 0 spiro atoms. The first-order valence-corrected chi connectivity index (χ1v) is 13.2. The summed E-state index contributed by atoms with van der Waals surface area (Å²) >= 11 is 0.979. The van der Waals surface area contributed by atoms with Gasteiger partial charge in [-0.15, -0.1) is 0 Å². The molecule has 1 N–H and O–H groups in total. The molecule has 0 aliphatic carbocycles. The second-order valence-electron chi connectivity index (χ2n) is 8.64. The quantitative estimate of drug-likeness (QED) is 0.557. The minimum Gasteiger partial charge on any atom is -0.493 e. The van der Waals surface area contributed by atoms with Crippen LogP contribution >= 0.6 is 11.5 Å². The van der Waals surface area contributed by atoms with Gasteiger partial charge in [0, 0.05) is 41.7 Å². The van der Waals surface area contributed by atoms with E-state index in [2.05, 4.69) is 25.9 Å². The van der Waals surface area contributed by atoms with Gasteiger partial charge in [0.25, 0.3) is 10.0 Å². The SMILES string of the molecule is C[C@@H]1CCN([C@H]2CCOc3cc(S(=O)(=O)Nc4ncns4)ccc32)[C@@H](c2ccc(F)cc2)C1. The van der Waals surface area contributed by atoms with Crippen LogP contribution in [0.25, 0.3) is 0 Å². The van der Waals surface area contributed by atoms with Gasteiger partial charge in [-0.1, -0.05) is 25.1 Å². The molecule has 2 aliphatic heterocycles. The number of rotatable bonds is 5. The van der Waals surface area contributed by atoms with E-state index in [1.165, 1.54) is 18.5 Å². The average Bonchev–Trinajstić information content (AvgIpc) is 3.31. The molecule has 33 heavy (non-hydrogen) atoms. The Kier molecular flexibility index (Phi) is 6.07. The van der Waals surface area contributed by atoms with Crippen LogP contribution in [0, 0.1) is 11.7 Å². The highest BCUT2D eigenvalue weighted by Crippen LogP contribution is 2.45. The molecule has 7 nitrogen and oxygen atoms in total. The Bertz CT molecular complexity index is 1220. The van der Waals surface area contributed by atoms with E-state index in [0.29, 0.717) is 18.3 Å². The normalized spacial score (nSPS) is 23.5. The van der Waals surface area contributed by atoms with E-state index in [9.17, 15) is 12.8 Å². The predicted octanol–water partition coefficient (Wildman–Crippen LogP) is 4.77. The van der Waals surface area contributed by atoms with Gasteiger partial charge >= 0.3 is 0 Å². The Hall–Kier alpha value is -2.56. The maximum Gasteiger partial charge on any atom is 0.263 e. The van der Waals surface area contributed by atoms with Crippen LogP contribution in [0.15, 0.2) is 53.7 Å². The molecule has 0 saturated carbocycles. The van der Waals surface area contributed by atoms with Gasteiger partial charge in [0.15, 0.2) is 0 Å². The third-order valence-electron chi connectivity index (χ3n) is 6.45. The number of hydrogen-bond acceptors (Lipinski definition) is 7. The molecule has 0 unspecified atom stereocenters. The van der Waals surface area contributed by atoms with Gasteiger partial charge in [-0.25, -0.2) is 17.8 Å². The zero-order valence-corrected chi connectivity index (χ0v) is 19.8. The molecule has 2 aromatic carbocycles. The first-order chi connectivity index (χ1) is 15.9. The number of nitrogens with zero attached hydrogens (tertiary/aromatic N) is 3. The standard InChI is InChI=1S/C23H25FN4O3S2/c1-15-8-10-28(21(12-15)16-2-4-17(24)5-3-16)20-9-11-31-22-13-18(6-7-19(20)22)33(29,30)27-23-25-14-26-32-23/h2-7,13-15,20-21H,8-12H2,1H3,(H,25,26,27)/t15-,20+,21-/m1/s1. The van der Waals surface area contributed by atoms with Crippen LogP contribution in [0.5, 0.6) is 5.75 Å². The van der Waals surface area contributed by atoms with Crippen LogP contribution in [-0.4, -0.2) is 35.8 Å². The lowest BCUT2D eigenvalue weighted by Crippen LogP contribution is -2.40. The van der Waals surface area contributed by atoms with Crippen LogP contribution in [0.1, 0.15) is 49.4 Å². The zero-order valence-electron chi connectivity index (χ0n) is 18.1. The summed E-state index contributed by atoms with van der Waals surface area (Å²) in [6.45, 7) is 3.69. The molecule has 1 saturated heterocycles. The smallest absolute Gasteiger partial charge is 0.263 e. The van der Waals surface area contributed by atoms with E-state index in [1.54, 1.807) is 12.1 Å². The predicted molar refractivity (Wildman–Crippen MR) is 124 cm³/mol. The minimum absolute atomic E-state index is 0.101. The monoisotopic (exact) mass is 488 g/mol. The fourth-order valence-corrected chi connectivity index (χ4v) is 6.48. The number of piperidine rings is 1. The van der Waals surface area contributed by atoms with E-state index >= 15 is 0 Å². The van der Waals surface area contributed by atoms with Crippen molar-refractivity contribution in [3.05, 3.63) is 65.7 Å². The maximum absolute atomic E-state index is 13.5. The molecule has 1 aromatic heterocycles. The molecule has 3 heterocycles. The lowest BCUT2D eigenvalue weighted by Gasteiger charge is -2.45. The lowest BCUT2D eigenvalue weighted by molar-refractivity contribution is 0.0487. The number of ether oxygens (including phenoxy) is 1. The van der Waals surface area contributed by atoms with Crippen molar-refractivity contribution in [1.82, 2.24) is 14.3 Å². The molecule has 10 heteroatoms. The third-order valence-corrected chi connectivity index (χ3v) is 8.49. The van der Waals surface area contributed by atoms with Crippen LogP contribution < -0.4 is 9.46 Å². The number of likely N-dealkylation sites (tertiary alicyclic amines) is 1. The van der Waals surface area contributed by atoms with Gasteiger partial charge in [-0.2, -0.15) is 4.37 Å². The van der Waals surface area contributed by atoms with Crippen molar-refractivity contribution in [3.63, 3.8) is 0 Å². The molecule has 3 aromatic rings.